The fourth-order valence-electron chi connectivity index (χ4n) is 1.96. The van der Waals surface area contributed by atoms with Gasteiger partial charge >= 0.3 is 0 Å². The summed E-state index contributed by atoms with van der Waals surface area (Å²) in [4.78, 5) is 13.5. The van der Waals surface area contributed by atoms with Crippen LogP contribution >= 0.6 is 0 Å². The Hall–Kier alpha value is -0.613. The third-order valence-corrected chi connectivity index (χ3v) is 8.89. The Kier molecular flexibility index (Phi) is 5.01. The first-order chi connectivity index (χ1) is 8.54. The van der Waals surface area contributed by atoms with Crippen LogP contribution in [0.3, 0.4) is 0 Å². The molecule has 0 aromatic heterocycles. The zero-order valence-corrected chi connectivity index (χ0v) is 14.5. The first-order valence-electron chi connectivity index (χ1n) is 7.09. The minimum atomic E-state index is -1.75. The number of rotatable bonds is 4. The van der Waals surface area contributed by atoms with Gasteiger partial charge in [0.1, 0.15) is 0 Å². The van der Waals surface area contributed by atoms with Crippen molar-refractivity contribution >= 4 is 14.2 Å². The summed E-state index contributed by atoms with van der Waals surface area (Å²) in [5.41, 5.74) is 0. The van der Waals surface area contributed by atoms with Crippen molar-refractivity contribution in [1.29, 1.82) is 0 Å². The summed E-state index contributed by atoms with van der Waals surface area (Å²) in [6, 6.07) is 0. The number of carbonyl (C=O) groups excluding carboxylic acids is 1. The molecule has 0 spiro atoms. The smallest absolute Gasteiger partial charge is 0.222 e. The van der Waals surface area contributed by atoms with Crippen LogP contribution in [-0.2, 0) is 9.22 Å². The van der Waals surface area contributed by atoms with Crippen molar-refractivity contribution in [1.82, 2.24) is 4.90 Å². The lowest BCUT2D eigenvalue weighted by atomic mass is 10.0. The highest BCUT2D eigenvalue weighted by Crippen LogP contribution is 2.40. The van der Waals surface area contributed by atoms with Crippen LogP contribution in [0.15, 0.2) is 12.2 Å². The van der Waals surface area contributed by atoms with Crippen LogP contribution in [-0.4, -0.2) is 39.3 Å². The maximum Gasteiger partial charge on any atom is 0.222 e. The molecule has 0 saturated carbocycles. The van der Waals surface area contributed by atoms with E-state index < -0.39 is 8.32 Å². The van der Waals surface area contributed by atoms with Gasteiger partial charge in [0.05, 0.1) is 6.10 Å². The van der Waals surface area contributed by atoms with Gasteiger partial charge in [-0.05, 0) is 24.6 Å². The molecule has 3 nitrogen and oxygen atoms in total. The lowest BCUT2D eigenvalue weighted by molar-refractivity contribution is -0.129. The van der Waals surface area contributed by atoms with Crippen molar-refractivity contribution in [2.24, 2.45) is 5.92 Å². The van der Waals surface area contributed by atoms with Gasteiger partial charge < -0.3 is 9.33 Å². The second-order valence-corrected chi connectivity index (χ2v) is 12.0. The number of carbonyl (C=O) groups is 1. The molecule has 1 aliphatic carbocycles. The second-order valence-electron chi connectivity index (χ2n) is 7.24. The predicted octanol–water partition coefficient (Wildman–Crippen LogP) is 3.43. The molecule has 4 heteroatoms. The van der Waals surface area contributed by atoms with E-state index in [-0.39, 0.29) is 23.0 Å². The minimum absolute atomic E-state index is 0.181. The van der Waals surface area contributed by atoms with Crippen LogP contribution in [0.25, 0.3) is 0 Å². The molecular weight excluding hydrogens is 254 g/mol. The van der Waals surface area contributed by atoms with Crippen LogP contribution in [0.1, 0.15) is 33.6 Å². The molecule has 0 fully saturated rings. The lowest BCUT2D eigenvalue weighted by Crippen LogP contribution is -2.45. The molecular formula is C15H29NO2Si. The quantitative estimate of drug-likeness (QED) is 0.584. The average molecular weight is 283 g/mol. The Balaban J connectivity index is 2.67. The van der Waals surface area contributed by atoms with Crippen molar-refractivity contribution in [3.05, 3.63) is 12.2 Å². The minimum Gasteiger partial charge on any atom is -0.413 e. The summed E-state index contributed by atoms with van der Waals surface area (Å²) in [5.74, 6) is 0.421. The zero-order valence-electron chi connectivity index (χ0n) is 13.5. The zero-order chi connectivity index (χ0) is 14.8. The summed E-state index contributed by atoms with van der Waals surface area (Å²) in [6.45, 7) is 11.3. The van der Waals surface area contributed by atoms with Crippen LogP contribution < -0.4 is 0 Å². The summed E-state index contributed by atoms with van der Waals surface area (Å²) in [6.07, 6.45) is 6.00. The molecule has 0 aromatic carbocycles. The molecule has 1 aliphatic rings. The first-order valence-corrected chi connectivity index (χ1v) is 10.00. The van der Waals surface area contributed by atoms with Crippen molar-refractivity contribution in [3.8, 4) is 0 Å². The van der Waals surface area contributed by atoms with E-state index in [1.807, 2.05) is 14.1 Å². The molecule has 0 N–H and O–H groups in total. The summed E-state index contributed by atoms with van der Waals surface area (Å²) < 4.78 is 6.46. The standard InChI is InChI=1S/C15H29NO2Si/c1-15(2,3)19(6,7)18-13-10-8-9-12(13)11-14(17)16(4)5/h8-9,12-13H,10-11H2,1-7H3/t12-,13-/m0/s1. The SMILES string of the molecule is CN(C)C(=O)C[C@@H]1C=CC[C@@H]1O[Si](C)(C)C(C)(C)C. The second kappa shape index (κ2) is 5.79. The fraction of sp³-hybridized carbons (Fsp3) is 0.800. The topological polar surface area (TPSA) is 29.5 Å². The molecule has 0 saturated heterocycles. The molecule has 19 heavy (non-hydrogen) atoms. The van der Waals surface area contributed by atoms with E-state index >= 15 is 0 Å². The van der Waals surface area contributed by atoms with Gasteiger partial charge in [-0.25, -0.2) is 0 Å². The monoisotopic (exact) mass is 283 g/mol. The van der Waals surface area contributed by atoms with Crippen LogP contribution in [0, 0.1) is 5.92 Å². The molecule has 1 amide bonds. The van der Waals surface area contributed by atoms with E-state index in [0.717, 1.165) is 6.42 Å². The van der Waals surface area contributed by atoms with Crippen molar-refractivity contribution < 1.29 is 9.22 Å². The number of hydrogen-bond donors (Lipinski definition) is 0. The van der Waals surface area contributed by atoms with E-state index in [1.165, 1.54) is 0 Å². The Bertz CT molecular complexity index is 356. The number of nitrogens with zero attached hydrogens (tertiary/aromatic N) is 1. The fourth-order valence-corrected chi connectivity index (χ4v) is 3.34. The number of amides is 1. The summed E-state index contributed by atoms with van der Waals surface area (Å²) in [7, 11) is 1.87. The molecule has 0 aliphatic heterocycles. The van der Waals surface area contributed by atoms with Crippen LogP contribution in [0.4, 0.5) is 0 Å². The van der Waals surface area contributed by atoms with Gasteiger partial charge in [0.2, 0.25) is 5.91 Å². The van der Waals surface area contributed by atoms with Crippen molar-refractivity contribution in [3.63, 3.8) is 0 Å². The third kappa shape index (κ3) is 4.18. The van der Waals surface area contributed by atoms with Gasteiger partial charge in [0.25, 0.3) is 0 Å². The molecule has 2 atom stereocenters. The van der Waals surface area contributed by atoms with Gasteiger partial charge in [-0.3, -0.25) is 4.79 Å². The largest absolute Gasteiger partial charge is 0.413 e. The highest BCUT2D eigenvalue weighted by molar-refractivity contribution is 6.74. The Morgan fingerprint density at radius 2 is 1.95 bits per heavy atom. The predicted molar refractivity (Wildman–Crippen MR) is 82.6 cm³/mol. The molecule has 0 heterocycles. The Labute approximate surface area is 119 Å². The van der Waals surface area contributed by atoms with Crippen molar-refractivity contribution in [2.75, 3.05) is 14.1 Å². The summed E-state index contributed by atoms with van der Waals surface area (Å²) in [5, 5.41) is 0.214. The van der Waals surface area contributed by atoms with Gasteiger partial charge in [-0.15, -0.1) is 0 Å². The van der Waals surface area contributed by atoms with E-state index in [1.54, 1.807) is 4.90 Å². The molecule has 0 aromatic rings. The molecule has 0 unspecified atom stereocenters. The van der Waals surface area contributed by atoms with E-state index in [0.29, 0.717) is 6.42 Å². The first kappa shape index (κ1) is 16.4. The average Bonchev–Trinajstić information content (AvgIpc) is 2.63. The Morgan fingerprint density at radius 3 is 2.42 bits per heavy atom. The van der Waals surface area contributed by atoms with E-state index in [9.17, 15) is 4.79 Å². The maximum absolute atomic E-state index is 11.9. The third-order valence-electron chi connectivity index (χ3n) is 4.39. The van der Waals surface area contributed by atoms with E-state index in [4.69, 9.17) is 4.43 Å². The van der Waals surface area contributed by atoms with Gasteiger partial charge in [-0.1, -0.05) is 32.9 Å². The van der Waals surface area contributed by atoms with Gasteiger partial charge in [-0.2, -0.15) is 0 Å². The van der Waals surface area contributed by atoms with Crippen LogP contribution in [0.5, 0.6) is 0 Å². The Morgan fingerprint density at radius 1 is 1.37 bits per heavy atom. The van der Waals surface area contributed by atoms with Crippen molar-refractivity contribution in [2.45, 2.75) is 57.8 Å². The molecule has 0 bridgehead atoms. The van der Waals surface area contributed by atoms with Crippen LogP contribution in [0.2, 0.25) is 18.1 Å². The van der Waals surface area contributed by atoms with Gasteiger partial charge in [0, 0.05) is 26.4 Å². The molecule has 110 valence electrons. The summed E-state index contributed by atoms with van der Waals surface area (Å²) >= 11 is 0. The maximum atomic E-state index is 11.9. The van der Waals surface area contributed by atoms with E-state index in [2.05, 4.69) is 46.0 Å². The lowest BCUT2D eigenvalue weighted by Gasteiger charge is -2.40. The van der Waals surface area contributed by atoms with Gasteiger partial charge in [0.15, 0.2) is 8.32 Å². The normalized spacial score (nSPS) is 23.7. The molecule has 1 rings (SSSR count). The highest BCUT2D eigenvalue weighted by atomic mass is 28.4. The number of hydrogen-bond acceptors (Lipinski definition) is 2. The molecule has 0 radical (unpaired) electrons. The highest BCUT2D eigenvalue weighted by Gasteiger charge is 2.41.